The molecule has 0 atom stereocenters. The van der Waals surface area contributed by atoms with Gasteiger partial charge in [-0.1, -0.05) is 26.7 Å². The maximum atomic E-state index is 12.1. The Labute approximate surface area is 126 Å². The van der Waals surface area contributed by atoms with Crippen molar-refractivity contribution in [2.24, 2.45) is 0 Å². The lowest BCUT2D eigenvalue weighted by Crippen LogP contribution is -2.34. The summed E-state index contributed by atoms with van der Waals surface area (Å²) in [5.41, 5.74) is 0.921. The van der Waals surface area contributed by atoms with Crippen LogP contribution in [0.3, 0.4) is 0 Å². The van der Waals surface area contributed by atoms with Crippen molar-refractivity contribution in [2.75, 3.05) is 14.2 Å². The quantitative estimate of drug-likeness (QED) is 0.898. The van der Waals surface area contributed by atoms with E-state index in [2.05, 4.69) is 13.8 Å². The molecule has 2 rings (SSSR count). The molecule has 1 aliphatic carbocycles. The van der Waals surface area contributed by atoms with Gasteiger partial charge in [-0.15, -0.1) is 0 Å². The number of ether oxygens (including phenoxy) is 2. The zero-order valence-corrected chi connectivity index (χ0v) is 13.2. The molecule has 1 N–H and O–H groups in total. The molecule has 1 aliphatic rings. The van der Waals surface area contributed by atoms with Crippen LogP contribution in [0.1, 0.15) is 56.6 Å². The normalized spacial score (nSPS) is 17.0. The number of methoxy groups -OCH3 is 2. The molecule has 1 aromatic rings. The van der Waals surface area contributed by atoms with Crippen molar-refractivity contribution < 1.29 is 19.4 Å². The summed E-state index contributed by atoms with van der Waals surface area (Å²) in [6.45, 7) is 4.12. The molecule has 21 heavy (non-hydrogen) atoms. The molecule has 0 aliphatic heterocycles. The van der Waals surface area contributed by atoms with Crippen LogP contribution in [0.25, 0.3) is 0 Å². The largest absolute Gasteiger partial charge is 0.496 e. The molecule has 0 amide bonds. The third kappa shape index (κ3) is 2.47. The molecular weight excluding hydrogens is 268 g/mol. The Balaban J connectivity index is 2.78. The second-order valence-electron chi connectivity index (χ2n) is 6.01. The van der Waals surface area contributed by atoms with Crippen LogP contribution in [-0.4, -0.2) is 25.3 Å². The highest BCUT2D eigenvalue weighted by Gasteiger charge is 2.47. The summed E-state index contributed by atoms with van der Waals surface area (Å²) in [5.74, 6) is 0.812. The Hall–Kier alpha value is -1.71. The molecule has 0 radical (unpaired) electrons. The fourth-order valence-corrected chi connectivity index (χ4v) is 3.54. The van der Waals surface area contributed by atoms with Gasteiger partial charge < -0.3 is 14.6 Å². The maximum absolute atomic E-state index is 12.1. The van der Waals surface area contributed by atoms with E-state index in [0.717, 1.165) is 29.7 Å². The molecular formula is C17H24O4. The predicted molar refractivity (Wildman–Crippen MR) is 81.4 cm³/mol. The van der Waals surface area contributed by atoms with Gasteiger partial charge in [0.2, 0.25) is 0 Å². The second-order valence-corrected chi connectivity index (χ2v) is 6.01. The molecule has 0 spiro atoms. The van der Waals surface area contributed by atoms with Crippen LogP contribution in [-0.2, 0) is 10.2 Å². The van der Waals surface area contributed by atoms with E-state index >= 15 is 0 Å². The lowest BCUT2D eigenvalue weighted by Gasteiger charge is -2.31. The molecule has 0 saturated heterocycles. The fraction of sp³-hybridized carbons (Fsp3) is 0.588. The Kier molecular flexibility index (Phi) is 4.45. The minimum Gasteiger partial charge on any atom is -0.496 e. The first-order valence-electron chi connectivity index (χ1n) is 7.46. The van der Waals surface area contributed by atoms with Gasteiger partial charge in [-0.2, -0.15) is 0 Å². The Morgan fingerprint density at radius 2 is 1.67 bits per heavy atom. The highest BCUT2D eigenvalue weighted by Crippen LogP contribution is 2.50. The number of aliphatic carboxylic acids is 1. The molecule has 0 unspecified atom stereocenters. The lowest BCUT2D eigenvalue weighted by molar-refractivity contribution is -0.143. The van der Waals surface area contributed by atoms with Gasteiger partial charge in [-0.05, 0) is 30.9 Å². The molecule has 1 aromatic carbocycles. The zero-order valence-electron chi connectivity index (χ0n) is 13.2. The molecule has 0 aromatic heterocycles. The van der Waals surface area contributed by atoms with Crippen molar-refractivity contribution in [3.63, 3.8) is 0 Å². The number of carboxylic acid groups (broad SMARTS) is 1. The van der Waals surface area contributed by atoms with E-state index in [1.54, 1.807) is 14.2 Å². The number of carboxylic acids is 1. The number of hydrogen-bond acceptors (Lipinski definition) is 3. The minimum absolute atomic E-state index is 0.168. The van der Waals surface area contributed by atoms with Crippen LogP contribution < -0.4 is 9.47 Å². The van der Waals surface area contributed by atoms with E-state index in [0.29, 0.717) is 18.6 Å². The van der Waals surface area contributed by atoms with Gasteiger partial charge in [0.1, 0.15) is 11.5 Å². The Morgan fingerprint density at radius 3 is 2.10 bits per heavy atom. The summed E-state index contributed by atoms with van der Waals surface area (Å²) >= 11 is 0. The van der Waals surface area contributed by atoms with Crippen LogP contribution in [0, 0.1) is 0 Å². The standard InChI is InChI=1S/C17H24O4/c1-11(2)14-12(20-3)7-8-13(21-4)15(14)17(16(18)19)9-5-6-10-17/h7-8,11H,5-6,9-10H2,1-4H3,(H,18,19). The molecule has 4 nitrogen and oxygen atoms in total. The van der Waals surface area contributed by atoms with Gasteiger partial charge in [0, 0.05) is 11.1 Å². The van der Waals surface area contributed by atoms with E-state index in [1.165, 1.54) is 0 Å². The van der Waals surface area contributed by atoms with E-state index in [-0.39, 0.29) is 5.92 Å². The van der Waals surface area contributed by atoms with E-state index in [4.69, 9.17) is 9.47 Å². The molecule has 1 saturated carbocycles. The Bertz CT molecular complexity index is 528. The first-order valence-corrected chi connectivity index (χ1v) is 7.46. The van der Waals surface area contributed by atoms with Crippen molar-refractivity contribution in [1.82, 2.24) is 0 Å². The number of hydrogen-bond donors (Lipinski definition) is 1. The van der Waals surface area contributed by atoms with Gasteiger partial charge in [-0.3, -0.25) is 4.79 Å². The topological polar surface area (TPSA) is 55.8 Å². The van der Waals surface area contributed by atoms with E-state index < -0.39 is 11.4 Å². The fourth-order valence-electron chi connectivity index (χ4n) is 3.54. The summed E-state index contributed by atoms with van der Waals surface area (Å²) in [5, 5.41) is 9.91. The number of rotatable bonds is 5. The van der Waals surface area contributed by atoms with Crippen molar-refractivity contribution in [2.45, 2.75) is 50.9 Å². The van der Waals surface area contributed by atoms with Crippen LogP contribution in [0.4, 0.5) is 0 Å². The predicted octanol–water partition coefficient (Wildman–Crippen LogP) is 3.72. The summed E-state index contributed by atoms with van der Waals surface area (Å²) in [6.07, 6.45) is 3.19. The Morgan fingerprint density at radius 1 is 1.14 bits per heavy atom. The van der Waals surface area contributed by atoms with Crippen molar-refractivity contribution in [1.29, 1.82) is 0 Å². The monoisotopic (exact) mass is 292 g/mol. The zero-order chi connectivity index (χ0) is 15.6. The minimum atomic E-state index is -0.848. The SMILES string of the molecule is COc1ccc(OC)c(C2(C(=O)O)CCCC2)c1C(C)C. The van der Waals surface area contributed by atoms with Crippen LogP contribution in [0.5, 0.6) is 11.5 Å². The highest BCUT2D eigenvalue weighted by molar-refractivity contribution is 5.84. The molecule has 1 fully saturated rings. The summed E-state index contributed by atoms with van der Waals surface area (Å²) in [7, 11) is 3.22. The van der Waals surface area contributed by atoms with Gasteiger partial charge in [0.25, 0.3) is 0 Å². The van der Waals surface area contributed by atoms with Crippen LogP contribution in [0.2, 0.25) is 0 Å². The second kappa shape index (κ2) is 5.96. The highest BCUT2D eigenvalue weighted by atomic mass is 16.5. The van der Waals surface area contributed by atoms with Crippen LogP contribution >= 0.6 is 0 Å². The van der Waals surface area contributed by atoms with Gasteiger partial charge in [0.05, 0.1) is 19.6 Å². The summed E-state index contributed by atoms with van der Waals surface area (Å²) < 4.78 is 11.0. The van der Waals surface area contributed by atoms with Crippen molar-refractivity contribution >= 4 is 5.97 Å². The molecule has 4 heteroatoms. The summed E-state index contributed by atoms with van der Waals surface area (Å²) in [4.78, 5) is 12.1. The average Bonchev–Trinajstić information content (AvgIpc) is 2.96. The smallest absolute Gasteiger partial charge is 0.314 e. The lowest BCUT2D eigenvalue weighted by atomic mass is 9.74. The molecule has 0 bridgehead atoms. The van der Waals surface area contributed by atoms with Crippen molar-refractivity contribution in [3.8, 4) is 11.5 Å². The number of carbonyl (C=O) groups is 1. The van der Waals surface area contributed by atoms with Gasteiger partial charge >= 0.3 is 5.97 Å². The number of benzene rings is 1. The van der Waals surface area contributed by atoms with Crippen LogP contribution in [0.15, 0.2) is 12.1 Å². The van der Waals surface area contributed by atoms with E-state index in [1.807, 2.05) is 12.1 Å². The first-order chi connectivity index (χ1) is 9.97. The van der Waals surface area contributed by atoms with Crippen molar-refractivity contribution in [3.05, 3.63) is 23.3 Å². The van der Waals surface area contributed by atoms with E-state index in [9.17, 15) is 9.90 Å². The average molecular weight is 292 g/mol. The summed E-state index contributed by atoms with van der Waals surface area (Å²) in [6, 6.07) is 3.69. The third-order valence-corrected chi connectivity index (χ3v) is 4.53. The maximum Gasteiger partial charge on any atom is 0.314 e. The first kappa shape index (κ1) is 15.7. The molecule has 116 valence electrons. The van der Waals surface area contributed by atoms with Gasteiger partial charge in [0.15, 0.2) is 0 Å². The third-order valence-electron chi connectivity index (χ3n) is 4.53. The van der Waals surface area contributed by atoms with Gasteiger partial charge in [-0.25, -0.2) is 0 Å². The molecule has 0 heterocycles.